The Morgan fingerprint density at radius 1 is 1.08 bits per heavy atom. The van der Waals surface area contributed by atoms with E-state index in [1.165, 1.54) is 13.2 Å². The van der Waals surface area contributed by atoms with Crippen LogP contribution in [0.5, 0.6) is 5.75 Å². The number of aryl methyl sites for hydroxylation is 2. The molecule has 0 N–H and O–H groups in total. The molecule has 0 aliphatic carbocycles. The van der Waals surface area contributed by atoms with Crippen LogP contribution in [0, 0.1) is 19.7 Å². The Morgan fingerprint density at radius 3 is 2.52 bits per heavy atom. The summed E-state index contributed by atoms with van der Waals surface area (Å²) < 4.78 is 21.7. The summed E-state index contributed by atoms with van der Waals surface area (Å²) in [7, 11) is 1.51. The van der Waals surface area contributed by atoms with Crippen molar-refractivity contribution in [1.82, 2.24) is 14.4 Å². The number of hydrogen-bond acceptors (Lipinski definition) is 3. The number of aromatic nitrogens is 3. The predicted octanol–water partition coefficient (Wildman–Crippen LogP) is 4.97. The Kier molecular flexibility index (Phi) is 3.62. The maximum absolute atomic E-state index is 14.6. The normalized spacial score (nSPS) is 11.4. The van der Waals surface area contributed by atoms with Crippen LogP contribution >= 0.6 is 11.6 Å². The quantitative estimate of drug-likeness (QED) is 0.509. The van der Waals surface area contributed by atoms with Crippen LogP contribution in [-0.2, 0) is 0 Å². The van der Waals surface area contributed by atoms with Gasteiger partial charge in [-0.25, -0.2) is 14.4 Å². The third kappa shape index (κ3) is 2.35. The van der Waals surface area contributed by atoms with Crippen molar-refractivity contribution in [2.45, 2.75) is 13.8 Å². The minimum absolute atomic E-state index is 0.275. The summed E-state index contributed by atoms with van der Waals surface area (Å²) in [6.45, 7) is 3.76. The van der Waals surface area contributed by atoms with Crippen LogP contribution in [0.3, 0.4) is 0 Å². The smallest absolute Gasteiger partial charge is 0.154 e. The largest absolute Gasteiger partial charge is 0.497 e. The van der Waals surface area contributed by atoms with E-state index in [1.807, 2.05) is 42.5 Å². The fraction of sp³-hybridized carbons (Fsp3) is 0.158. The monoisotopic (exact) mass is 355 g/mol. The maximum Gasteiger partial charge on any atom is 0.154 e. The van der Waals surface area contributed by atoms with Gasteiger partial charge in [0.2, 0.25) is 0 Å². The minimum Gasteiger partial charge on any atom is -0.497 e. The van der Waals surface area contributed by atoms with Crippen molar-refractivity contribution in [2.24, 2.45) is 0 Å². The molecule has 0 fully saturated rings. The van der Waals surface area contributed by atoms with Crippen LogP contribution in [-0.4, -0.2) is 21.5 Å². The molecular formula is C19H15ClFN3O. The number of fused-ring (bicyclic) bond motifs is 3. The van der Waals surface area contributed by atoms with Gasteiger partial charge in [0.25, 0.3) is 0 Å². The molecule has 2 heterocycles. The molecule has 4 aromatic rings. The Bertz CT molecular complexity index is 1140. The number of rotatable bonds is 2. The Balaban J connectivity index is 2.24. The first-order chi connectivity index (χ1) is 12.0. The molecule has 6 heteroatoms. The van der Waals surface area contributed by atoms with Crippen molar-refractivity contribution in [3.8, 4) is 17.1 Å². The van der Waals surface area contributed by atoms with E-state index >= 15 is 0 Å². The van der Waals surface area contributed by atoms with Gasteiger partial charge in [-0.05, 0) is 26.0 Å². The van der Waals surface area contributed by atoms with Gasteiger partial charge in [0.05, 0.1) is 34.6 Å². The molecule has 0 spiro atoms. The molecule has 2 aromatic heterocycles. The number of hydrogen-bond donors (Lipinski definition) is 0. The molecule has 25 heavy (non-hydrogen) atoms. The molecular weight excluding hydrogens is 341 g/mol. The average Bonchev–Trinajstić information content (AvgIpc) is 2.94. The Labute approximate surface area is 148 Å². The van der Waals surface area contributed by atoms with Gasteiger partial charge in [0.15, 0.2) is 5.82 Å². The van der Waals surface area contributed by atoms with Crippen molar-refractivity contribution in [1.29, 1.82) is 0 Å². The number of methoxy groups -OCH3 is 1. The molecule has 4 nitrogen and oxygen atoms in total. The zero-order chi connectivity index (χ0) is 17.7. The number of benzene rings is 2. The van der Waals surface area contributed by atoms with Gasteiger partial charge in [-0.3, -0.25) is 4.40 Å². The van der Waals surface area contributed by atoms with E-state index in [4.69, 9.17) is 21.3 Å². The van der Waals surface area contributed by atoms with Crippen LogP contribution in [0.1, 0.15) is 11.4 Å². The summed E-state index contributed by atoms with van der Waals surface area (Å²) in [5.74, 6) is 0.644. The summed E-state index contributed by atoms with van der Waals surface area (Å²) in [6, 6.07) is 10.6. The lowest BCUT2D eigenvalue weighted by atomic mass is 10.2. The molecule has 0 saturated carbocycles. The second kappa shape index (κ2) is 5.70. The SMILES string of the molecule is COc1cc(F)c2nc(C)c3c(C)nc(-c4ccccc4Cl)n3c2c1. The predicted molar refractivity (Wildman–Crippen MR) is 96.9 cm³/mol. The topological polar surface area (TPSA) is 39.4 Å². The molecule has 126 valence electrons. The maximum atomic E-state index is 14.6. The first-order valence-corrected chi connectivity index (χ1v) is 8.17. The van der Waals surface area contributed by atoms with Gasteiger partial charge in [-0.2, -0.15) is 0 Å². The van der Waals surface area contributed by atoms with Crippen LogP contribution in [0.2, 0.25) is 5.02 Å². The summed E-state index contributed by atoms with van der Waals surface area (Å²) in [4.78, 5) is 9.14. The molecule has 0 radical (unpaired) electrons. The van der Waals surface area contributed by atoms with E-state index in [2.05, 4.69) is 4.98 Å². The fourth-order valence-electron chi connectivity index (χ4n) is 3.19. The molecule has 0 aliphatic heterocycles. The lowest BCUT2D eigenvalue weighted by molar-refractivity contribution is 0.412. The second-order valence-corrected chi connectivity index (χ2v) is 6.27. The van der Waals surface area contributed by atoms with E-state index in [0.717, 1.165) is 16.8 Å². The molecule has 0 bridgehead atoms. The van der Waals surface area contributed by atoms with Gasteiger partial charge in [-0.15, -0.1) is 0 Å². The van der Waals surface area contributed by atoms with Crippen molar-refractivity contribution in [2.75, 3.05) is 7.11 Å². The molecule has 0 atom stereocenters. The first kappa shape index (κ1) is 15.8. The fourth-order valence-corrected chi connectivity index (χ4v) is 3.41. The van der Waals surface area contributed by atoms with Gasteiger partial charge in [0, 0.05) is 17.7 Å². The minimum atomic E-state index is -0.434. The number of nitrogens with zero attached hydrogens (tertiary/aromatic N) is 3. The second-order valence-electron chi connectivity index (χ2n) is 5.86. The van der Waals surface area contributed by atoms with Gasteiger partial charge < -0.3 is 4.74 Å². The molecule has 0 unspecified atom stereocenters. The highest BCUT2D eigenvalue weighted by Crippen LogP contribution is 2.33. The van der Waals surface area contributed by atoms with Crippen LogP contribution < -0.4 is 4.74 Å². The standard InChI is InChI=1S/C19H15ClFN3O/c1-10-18-11(2)23-19(13-6-4-5-7-14(13)20)24(18)16-9-12(25-3)8-15(21)17(16)22-10/h4-9H,1-3H3. The van der Waals surface area contributed by atoms with Crippen LogP contribution in [0.4, 0.5) is 4.39 Å². The highest BCUT2D eigenvalue weighted by atomic mass is 35.5. The van der Waals surface area contributed by atoms with E-state index in [0.29, 0.717) is 27.8 Å². The first-order valence-electron chi connectivity index (χ1n) is 7.79. The van der Waals surface area contributed by atoms with E-state index in [1.54, 1.807) is 6.07 Å². The molecule has 0 saturated heterocycles. The third-order valence-corrected chi connectivity index (χ3v) is 4.61. The summed E-state index contributed by atoms with van der Waals surface area (Å²) in [5, 5.41) is 0.584. The van der Waals surface area contributed by atoms with Gasteiger partial charge >= 0.3 is 0 Å². The van der Waals surface area contributed by atoms with E-state index < -0.39 is 5.82 Å². The number of imidazole rings is 1. The van der Waals surface area contributed by atoms with E-state index in [-0.39, 0.29) is 5.52 Å². The Hall–Kier alpha value is -2.66. The number of ether oxygens (including phenoxy) is 1. The highest BCUT2D eigenvalue weighted by molar-refractivity contribution is 6.33. The average molecular weight is 356 g/mol. The molecule has 2 aromatic carbocycles. The van der Waals surface area contributed by atoms with Crippen molar-refractivity contribution in [3.63, 3.8) is 0 Å². The molecule has 4 rings (SSSR count). The summed E-state index contributed by atoms with van der Waals surface area (Å²) in [6.07, 6.45) is 0. The molecule has 0 aliphatic rings. The molecule has 0 amide bonds. The lowest BCUT2D eigenvalue weighted by Crippen LogP contribution is -2.00. The Morgan fingerprint density at radius 2 is 1.80 bits per heavy atom. The zero-order valence-corrected chi connectivity index (χ0v) is 14.7. The van der Waals surface area contributed by atoms with E-state index in [9.17, 15) is 4.39 Å². The van der Waals surface area contributed by atoms with Crippen LogP contribution in [0.15, 0.2) is 36.4 Å². The van der Waals surface area contributed by atoms with Gasteiger partial charge in [-0.1, -0.05) is 23.7 Å². The zero-order valence-electron chi connectivity index (χ0n) is 14.0. The third-order valence-electron chi connectivity index (χ3n) is 4.28. The summed E-state index contributed by atoms with van der Waals surface area (Å²) in [5.41, 5.74) is 4.01. The van der Waals surface area contributed by atoms with Crippen molar-refractivity contribution in [3.05, 3.63) is 58.6 Å². The van der Waals surface area contributed by atoms with Crippen molar-refractivity contribution < 1.29 is 9.13 Å². The lowest BCUT2D eigenvalue weighted by Gasteiger charge is -2.11. The highest BCUT2D eigenvalue weighted by Gasteiger charge is 2.19. The van der Waals surface area contributed by atoms with Crippen molar-refractivity contribution >= 4 is 28.2 Å². The number of halogens is 2. The van der Waals surface area contributed by atoms with Gasteiger partial charge in [0.1, 0.15) is 17.1 Å². The van der Waals surface area contributed by atoms with Crippen LogP contribution in [0.25, 0.3) is 27.9 Å². The summed E-state index contributed by atoms with van der Waals surface area (Å²) >= 11 is 6.38.